The second-order valence-corrected chi connectivity index (χ2v) is 8.91. The summed E-state index contributed by atoms with van der Waals surface area (Å²) in [5.74, 6) is -0.0266. The number of thiazole rings is 1. The minimum Gasteiger partial charge on any atom is -0.349 e. The van der Waals surface area contributed by atoms with Crippen molar-refractivity contribution < 1.29 is 4.79 Å². The maximum Gasteiger partial charge on any atom is 0.251 e. The standard InChI is InChI=1S/C19H26N4OS/c1-18(2)11-15(12-19(3,4)23-18)21-16(24)13-6-5-7-14(10-13)22-17-20-8-9-25-17/h5-10,15,23H,11-12H2,1-4H3,(H,20,22)(H,21,24). The Hall–Kier alpha value is -1.92. The lowest BCUT2D eigenvalue weighted by Gasteiger charge is -2.46. The van der Waals surface area contributed by atoms with E-state index >= 15 is 0 Å². The third-order valence-electron chi connectivity index (χ3n) is 4.33. The number of piperidine rings is 1. The minimum absolute atomic E-state index is 0.00788. The first-order valence-electron chi connectivity index (χ1n) is 8.59. The molecule has 1 aliphatic rings. The molecule has 0 unspecified atom stereocenters. The van der Waals surface area contributed by atoms with Crippen molar-refractivity contribution in [3.8, 4) is 0 Å². The SMILES string of the molecule is CC1(C)CC(NC(=O)c2cccc(Nc3nccs3)c2)CC(C)(C)N1. The maximum absolute atomic E-state index is 12.7. The van der Waals surface area contributed by atoms with Crippen LogP contribution in [0, 0.1) is 0 Å². The van der Waals surface area contributed by atoms with E-state index in [9.17, 15) is 4.79 Å². The summed E-state index contributed by atoms with van der Waals surface area (Å²) in [5, 5.41) is 12.8. The monoisotopic (exact) mass is 358 g/mol. The predicted octanol–water partition coefficient (Wildman–Crippen LogP) is 3.93. The summed E-state index contributed by atoms with van der Waals surface area (Å²) in [5.41, 5.74) is 1.55. The molecule has 1 aromatic carbocycles. The lowest BCUT2D eigenvalue weighted by Crippen LogP contribution is -2.62. The molecule has 1 amide bonds. The normalized spacial score (nSPS) is 19.4. The first kappa shape index (κ1) is 17.9. The molecule has 5 nitrogen and oxygen atoms in total. The fourth-order valence-corrected chi connectivity index (χ4v) is 4.39. The number of rotatable bonds is 4. The quantitative estimate of drug-likeness (QED) is 0.775. The Bertz CT molecular complexity index is 724. The number of nitrogens with zero attached hydrogens (tertiary/aromatic N) is 1. The minimum atomic E-state index is -0.0266. The lowest BCUT2D eigenvalue weighted by molar-refractivity contribution is 0.0873. The summed E-state index contributed by atoms with van der Waals surface area (Å²) < 4.78 is 0. The highest BCUT2D eigenvalue weighted by molar-refractivity contribution is 7.13. The Morgan fingerprint density at radius 2 is 1.96 bits per heavy atom. The van der Waals surface area contributed by atoms with Crippen LogP contribution >= 0.6 is 11.3 Å². The third kappa shape index (κ3) is 4.80. The van der Waals surface area contributed by atoms with Gasteiger partial charge < -0.3 is 16.0 Å². The zero-order valence-electron chi connectivity index (χ0n) is 15.2. The van der Waals surface area contributed by atoms with E-state index in [1.54, 1.807) is 6.20 Å². The van der Waals surface area contributed by atoms with Gasteiger partial charge in [0.1, 0.15) is 0 Å². The number of carbonyl (C=O) groups is 1. The van der Waals surface area contributed by atoms with Crippen LogP contribution in [0.4, 0.5) is 10.8 Å². The van der Waals surface area contributed by atoms with Gasteiger partial charge in [0.15, 0.2) is 5.13 Å². The lowest BCUT2D eigenvalue weighted by atomic mass is 9.79. The molecule has 0 radical (unpaired) electrons. The molecule has 25 heavy (non-hydrogen) atoms. The number of aromatic nitrogens is 1. The molecule has 2 heterocycles. The van der Waals surface area contributed by atoms with Crippen molar-refractivity contribution in [3.05, 3.63) is 41.4 Å². The largest absolute Gasteiger partial charge is 0.349 e. The first-order chi connectivity index (χ1) is 11.7. The van der Waals surface area contributed by atoms with Gasteiger partial charge in [-0.3, -0.25) is 4.79 Å². The van der Waals surface area contributed by atoms with Gasteiger partial charge in [-0.05, 0) is 58.7 Å². The van der Waals surface area contributed by atoms with E-state index in [1.807, 2.05) is 29.6 Å². The van der Waals surface area contributed by atoms with Crippen molar-refractivity contribution in [1.29, 1.82) is 0 Å². The number of nitrogens with one attached hydrogen (secondary N) is 3. The third-order valence-corrected chi connectivity index (χ3v) is 5.02. The molecule has 6 heteroatoms. The van der Waals surface area contributed by atoms with Crippen molar-refractivity contribution in [2.75, 3.05) is 5.32 Å². The van der Waals surface area contributed by atoms with Crippen molar-refractivity contribution >= 4 is 28.1 Å². The van der Waals surface area contributed by atoms with Crippen LogP contribution in [0.2, 0.25) is 0 Å². The topological polar surface area (TPSA) is 66.0 Å². The Morgan fingerprint density at radius 3 is 2.60 bits per heavy atom. The number of hydrogen-bond donors (Lipinski definition) is 3. The molecule has 1 aliphatic heterocycles. The summed E-state index contributed by atoms with van der Waals surface area (Å²) in [4.78, 5) is 16.9. The molecule has 3 rings (SSSR count). The molecule has 3 N–H and O–H groups in total. The van der Waals surface area contributed by atoms with Gasteiger partial charge in [-0.15, -0.1) is 11.3 Å². The van der Waals surface area contributed by atoms with Gasteiger partial charge in [0.2, 0.25) is 0 Å². The zero-order valence-corrected chi connectivity index (χ0v) is 16.0. The summed E-state index contributed by atoms with van der Waals surface area (Å²) in [7, 11) is 0. The molecular formula is C19H26N4OS. The van der Waals surface area contributed by atoms with E-state index in [1.165, 1.54) is 11.3 Å². The molecule has 0 spiro atoms. The van der Waals surface area contributed by atoms with Crippen LogP contribution in [0.15, 0.2) is 35.8 Å². The highest BCUT2D eigenvalue weighted by atomic mass is 32.1. The van der Waals surface area contributed by atoms with Crippen molar-refractivity contribution in [2.45, 2.75) is 57.7 Å². The fraction of sp³-hybridized carbons (Fsp3) is 0.474. The fourth-order valence-electron chi connectivity index (χ4n) is 3.84. The molecule has 134 valence electrons. The van der Waals surface area contributed by atoms with Gasteiger partial charge in [0.25, 0.3) is 5.91 Å². The van der Waals surface area contributed by atoms with E-state index in [4.69, 9.17) is 0 Å². The number of anilines is 2. The van der Waals surface area contributed by atoms with Gasteiger partial charge in [0.05, 0.1) is 0 Å². The summed E-state index contributed by atoms with van der Waals surface area (Å²) in [6.07, 6.45) is 3.59. The van der Waals surface area contributed by atoms with Gasteiger partial charge in [0, 0.05) is 39.9 Å². The van der Waals surface area contributed by atoms with E-state index in [0.29, 0.717) is 5.56 Å². The number of carbonyl (C=O) groups excluding carboxylic acids is 1. The van der Waals surface area contributed by atoms with Gasteiger partial charge in [-0.1, -0.05) is 6.07 Å². The summed E-state index contributed by atoms with van der Waals surface area (Å²) >= 11 is 1.53. The second kappa shape index (κ2) is 6.77. The van der Waals surface area contributed by atoms with E-state index in [2.05, 4.69) is 48.6 Å². The molecular weight excluding hydrogens is 332 g/mol. The van der Waals surface area contributed by atoms with E-state index in [0.717, 1.165) is 23.7 Å². The first-order valence-corrected chi connectivity index (χ1v) is 9.47. The number of hydrogen-bond acceptors (Lipinski definition) is 5. The van der Waals surface area contributed by atoms with E-state index in [-0.39, 0.29) is 23.0 Å². The second-order valence-electron chi connectivity index (χ2n) is 8.01. The zero-order chi connectivity index (χ0) is 18.1. The van der Waals surface area contributed by atoms with Crippen LogP contribution < -0.4 is 16.0 Å². The van der Waals surface area contributed by atoms with Gasteiger partial charge >= 0.3 is 0 Å². The molecule has 2 aromatic rings. The molecule has 0 atom stereocenters. The highest BCUT2D eigenvalue weighted by Crippen LogP contribution is 2.29. The van der Waals surface area contributed by atoms with E-state index < -0.39 is 0 Å². The highest BCUT2D eigenvalue weighted by Gasteiger charge is 2.38. The van der Waals surface area contributed by atoms with Crippen molar-refractivity contribution in [2.24, 2.45) is 0 Å². The number of benzene rings is 1. The van der Waals surface area contributed by atoms with Crippen LogP contribution in [-0.2, 0) is 0 Å². The smallest absolute Gasteiger partial charge is 0.251 e. The molecule has 0 aliphatic carbocycles. The molecule has 0 bridgehead atoms. The average molecular weight is 359 g/mol. The average Bonchev–Trinajstić information content (AvgIpc) is 2.97. The summed E-state index contributed by atoms with van der Waals surface area (Å²) in [6, 6.07) is 7.71. The van der Waals surface area contributed by atoms with Gasteiger partial charge in [-0.2, -0.15) is 0 Å². The van der Waals surface area contributed by atoms with Crippen LogP contribution in [0.1, 0.15) is 50.9 Å². The maximum atomic E-state index is 12.7. The van der Waals surface area contributed by atoms with Crippen molar-refractivity contribution in [3.63, 3.8) is 0 Å². The van der Waals surface area contributed by atoms with Crippen LogP contribution in [0.5, 0.6) is 0 Å². The van der Waals surface area contributed by atoms with Crippen LogP contribution in [0.25, 0.3) is 0 Å². The Balaban J connectivity index is 1.69. The van der Waals surface area contributed by atoms with Crippen molar-refractivity contribution in [1.82, 2.24) is 15.6 Å². The van der Waals surface area contributed by atoms with Crippen LogP contribution in [0.3, 0.4) is 0 Å². The van der Waals surface area contributed by atoms with Gasteiger partial charge in [-0.25, -0.2) is 4.98 Å². The molecule has 1 fully saturated rings. The molecule has 0 saturated carbocycles. The Kier molecular flexibility index (Phi) is 4.84. The molecule has 1 aromatic heterocycles. The number of amides is 1. The van der Waals surface area contributed by atoms with Crippen LogP contribution in [-0.4, -0.2) is 28.0 Å². The predicted molar refractivity (Wildman–Crippen MR) is 104 cm³/mol. The summed E-state index contributed by atoms with van der Waals surface area (Å²) in [6.45, 7) is 8.74. The Labute approximate surface area is 153 Å². The Morgan fingerprint density at radius 1 is 1.24 bits per heavy atom. The molecule has 1 saturated heterocycles.